The van der Waals surface area contributed by atoms with Crippen LogP contribution < -0.4 is 0 Å². The van der Waals surface area contributed by atoms with Gasteiger partial charge in [-0.05, 0) is 39.0 Å². The average molecular weight is 422 g/mol. The number of hydrogen-bond acceptors (Lipinski definition) is 2. The normalized spacial score (nSPS) is 19.1. The molecular formula is C27H53N2O+. The number of aliphatic hydroxyl groups is 1. The van der Waals surface area contributed by atoms with E-state index in [0.717, 1.165) is 37.1 Å². The highest BCUT2D eigenvalue weighted by Gasteiger charge is 2.35. The minimum atomic E-state index is 0.280. The van der Waals surface area contributed by atoms with Crippen LogP contribution >= 0.6 is 0 Å². The maximum Gasteiger partial charge on any atom is 0.198 e. The summed E-state index contributed by atoms with van der Waals surface area (Å²) in [5, 5.41) is 9.39. The summed E-state index contributed by atoms with van der Waals surface area (Å²) >= 11 is 0. The first-order chi connectivity index (χ1) is 14.8. The summed E-state index contributed by atoms with van der Waals surface area (Å²) in [5.74, 6) is 1.36. The van der Waals surface area contributed by atoms with Crippen LogP contribution in [0.2, 0.25) is 0 Å². The number of aliphatic imine (C=N–C) groups is 1. The molecule has 0 fully saturated rings. The van der Waals surface area contributed by atoms with Crippen molar-refractivity contribution in [2.45, 2.75) is 123 Å². The molecular weight excluding hydrogens is 368 g/mol. The maximum absolute atomic E-state index is 9.39. The van der Waals surface area contributed by atoms with Crippen LogP contribution in [-0.2, 0) is 0 Å². The smallest absolute Gasteiger partial charge is 0.198 e. The molecule has 1 aliphatic heterocycles. The molecule has 0 aromatic heterocycles. The molecule has 1 N–H and O–H groups in total. The number of amidine groups is 1. The Hall–Kier alpha value is -0.670. The molecule has 0 aromatic carbocycles. The number of quaternary nitrogens is 1. The van der Waals surface area contributed by atoms with Gasteiger partial charge >= 0.3 is 0 Å². The standard InChI is InChI=1S/C27H53N2O/c1-3-5-6-7-8-9-10-11-12-13-14-15-16-17-18-19-20-21-22-27-28-23-24-29(27,4-2)25-26-30/h9-10,30H,3-8,11-26H2,1-2H3/q+1/b10-9+. The molecule has 0 saturated carbocycles. The maximum atomic E-state index is 9.39. The van der Waals surface area contributed by atoms with Gasteiger partial charge < -0.3 is 5.11 Å². The molecule has 1 heterocycles. The molecule has 0 aliphatic carbocycles. The Morgan fingerprint density at radius 3 is 1.83 bits per heavy atom. The fourth-order valence-electron chi connectivity index (χ4n) is 4.78. The summed E-state index contributed by atoms with van der Waals surface area (Å²) in [4.78, 5) is 4.77. The van der Waals surface area contributed by atoms with Gasteiger partial charge in [0.15, 0.2) is 5.84 Å². The van der Waals surface area contributed by atoms with Gasteiger partial charge in [-0.2, -0.15) is 0 Å². The summed E-state index contributed by atoms with van der Waals surface area (Å²) in [5.41, 5.74) is 0. The van der Waals surface area contributed by atoms with Crippen molar-refractivity contribution in [2.75, 3.05) is 32.8 Å². The second-order valence-electron chi connectivity index (χ2n) is 9.33. The molecule has 0 amide bonds. The zero-order valence-corrected chi connectivity index (χ0v) is 20.6. The first kappa shape index (κ1) is 27.4. The van der Waals surface area contributed by atoms with E-state index in [4.69, 9.17) is 4.99 Å². The predicted octanol–water partition coefficient (Wildman–Crippen LogP) is 7.44. The minimum absolute atomic E-state index is 0.280. The average Bonchev–Trinajstić information content (AvgIpc) is 3.16. The molecule has 1 unspecified atom stereocenters. The molecule has 1 atom stereocenters. The number of hydrogen-bond donors (Lipinski definition) is 1. The topological polar surface area (TPSA) is 32.6 Å². The van der Waals surface area contributed by atoms with Crippen molar-refractivity contribution in [3.05, 3.63) is 12.2 Å². The Balaban J connectivity index is 1.85. The van der Waals surface area contributed by atoms with E-state index in [1.807, 2.05) is 0 Å². The largest absolute Gasteiger partial charge is 0.390 e. The third kappa shape index (κ3) is 12.2. The monoisotopic (exact) mass is 421 g/mol. The Morgan fingerprint density at radius 1 is 0.767 bits per heavy atom. The van der Waals surface area contributed by atoms with Crippen molar-refractivity contribution in [3.63, 3.8) is 0 Å². The summed E-state index contributed by atoms with van der Waals surface area (Å²) in [6.45, 7) is 8.78. The van der Waals surface area contributed by atoms with Crippen molar-refractivity contribution < 1.29 is 9.59 Å². The van der Waals surface area contributed by atoms with E-state index in [1.54, 1.807) is 0 Å². The third-order valence-electron chi connectivity index (χ3n) is 6.92. The Labute approximate surface area is 188 Å². The Kier molecular flexibility index (Phi) is 17.4. The van der Waals surface area contributed by atoms with Crippen LogP contribution in [0, 0.1) is 0 Å². The van der Waals surface area contributed by atoms with Crippen LogP contribution in [0.3, 0.4) is 0 Å². The zero-order chi connectivity index (χ0) is 21.8. The fraction of sp³-hybridized carbons (Fsp3) is 0.889. The highest BCUT2D eigenvalue weighted by Crippen LogP contribution is 2.20. The molecule has 176 valence electrons. The number of unbranched alkanes of at least 4 members (excludes halogenated alkanes) is 14. The first-order valence-corrected chi connectivity index (χ1v) is 13.4. The molecule has 3 nitrogen and oxygen atoms in total. The number of aliphatic hydroxyl groups excluding tert-OH is 1. The molecule has 1 rings (SSSR count). The lowest BCUT2D eigenvalue weighted by Crippen LogP contribution is -2.52. The van der Waals surface area contributed by atoms with Gasteiger partial charge in [-0.3, -0.25) is 4.48 Å². The first-order valence-electron chi connectivity index (χ1n) is 13.4. The Morgan fingerprint density at radius 2 is 1.30 bits per heavy atom. The molecule has 0 aromatic rings. The van der Waals surface area contributed by atoms with E-state index in [9.17, 15) is 5.11 Å². The van der Waals surface area contributed by atoms with Crippen LogP contribution in [0.4, 0.5) is 0 Å². The van der Waals surface area contributed by atoms with E-state index in [0.29, 0.717) is 0 Å². The van der Waals surface area contributed by atoms with Gasteiger partial charge in [0.2, 0.25) is 0 Å². The summed E-state index contributed by atoms with van der Waals surface area (Å²) in [6.07, 6.45) is 27.9. The molecule has 30 heavy (non-hydrogen) atoms. The predicted molar refractivity (Wildman–Crippen MR) is 133 cm³/mol. The summed E-state index contributed by atoms with van der Waals surface area (Å²) in [7, 11) is 0. The van der Waals surface area contributed by atoms with Gasteiger partial charge in [0.05, 0.1) is 19.7 Å². The lowest BCUT2D eigenvalue weighted by molar-refractivity contribution is -0.835. The van der Waals surface area contributed by atoms with Crippen LogP contribution in [0.1, 0.15) is 123 Å². The van der Waals surface area contributed by atoms with Crippen LogP contribution in [0.25, 0.3) is 0 Å². The van der Waals surface area contributed by atoms with Crippen molar-refractivity contribution >= 4 is 5.84 Å². The molecule has 1 aliphatic rings. The van der Waals surface area contributed by atoms with E-state index < -0.39 is 0 Å². The molecule has 0 radical (unpaired) electrons. The van der Waals surface area contributed by atoms with E-state index >= 15 is 0 Å². The van der Waals surface area contributed by atoms with Gasteiger partial charge in [-0.1, -0.05) is 89.7 Å². The molecule has 3 heteroatoms. The van der Waals surface area contributed by atoms with Crippen molar-refractivity contribution in [1.29, 1.82) is 0 Å². The van der Waals surface area contributed by atoms with Gasteiger partial charge in [-0.25, -0.2) is 4.99 Å². The van der Waals surface area contributed by atoms with Gasteiger partial charge in [0.1, 0.15) is 13.1 Å². The fourth-order valence-corrected chi connectivity index (χ4v) is 4.78. The van der Waals surface area contributed by atoms with Crippen molar-refractivity contribution in [1.82, 2.24) is 0 Å². The second-order valence-corrected chi connectivity index (χ2v) is 9.33. The minimum Gasteiger partial charge on any atom is -0.390 e. The number of rotatable bonds is 21. The summed E-state index contributed by atoms with van der Waals surface area (Å²) in [6, 6.07) is 0. The number of nitrogens with zero attached hydrogens (tertiary/aromatic N) is 2. The number of allylic oxidation sites excluding steroid dienone is 2. The quantitative estimate of drug-likeness (QED) is 0.117. The second kappa shape index (κ2) is 19.0. The van der Waals surface area contributed by atoms with Crippen molar-refractivity contribution in [2.24, 2.45) is 4.99 Å². The SMILES string of the molecule is CCCCCC/C=C/CCCCCCCCCCCCC1=NCC[N+]1(CC)CCO. The Bertz CT molecular complexity index is 446. The zero-order valence-electron chi connectivity index (χ0n) is 20.6. The van der Waals surface area contributed by atoms with Crippen LogP contribution in [0.5, 0.6) is 0 Å². The van der Waals surface area contributed by atoms with Gasteiger partial charge in [0.25, 0.3) is 0 Å². The highest BCUT2D eigenvalue weighted by molar-refractivity contribution is 5.76. The van der Waals surface area contributed by atoms with E-state index in [2.05, 4.69) is 26.0 Å². The van der Waals surface area contributed by atoms with Crippen LogP contribution in [-0.4, -0.2) is 48.2 Å². The number of likely N-dealkylation sites (N-methyl/N-ethyl adjacent to an activating group) is 1. The molecule has 0 bridgehead atoms. The lowest BCUT2D eigenvalue weighted by atomic mass is 10.0. The van der Waals surface area contributed by atoms with Gasteiger partial charge in [-0.15, -0.1) is 0 Å². The summed E-state index contributed by atoms with van der Waals surface area (Å²) < 4.78 is 0.950. The van der Waals surface area contributed by atoms with E-state index in [1.165, 1.54) is 109 Å². The molecule has 0 spiro atoms. The van der Waals surface area contributed by atoms with Gasteiger partial charge in [0, 0.05) is 6.42 Å². The molecule has 0 saturated heterocycles. The van der Waals surface area contributed by atoms with Crippen LogP contribution in [0.15, 0.2) is 17.1 Å². The highest BCUT2D eigenvalue weighted by atomic mass is 16.3. The lowest BCUT2D eigenvalue weighted by Gasteiger charge is -2.33. The van der Waals surface area contributed by atoms with Crippen molar-refractivity contribution in [3.8, 4) is 0 Å². The van der Waals surface area contributed by atoms with E-state index in [-0.39, 0.29) is 6.61 Å². The third-order valence-corrected chi connectivity index (χ3v) is 6.92.